The lowest BCUT2D eigenvalue weighted by atomic mass is 9.96. The molecule has 0 saturated heterocycles. The van der Waals surface area contributed by atoms with Gasteiger partial charge in [0.2, 0.25) is 0 Å². The number of hydrogen-bond acceptors (Lipinski definition) is 2. The Balaban J connectivity index is 2.66. The number of rotatable bonds is 4. The Kier molecular flexibility index (Phi) is 3.45. The smallest absolute Gasteiger partial charge is 0.124 e. The molecule has 0 saturated carbocycles. The van der Waals surface area contributed by atoms with Crippen molar-refractivity contribution in [3.05, 3.63) is 54.6 Å². The molecule has 0 unspecified atom stereocenters. The second kappa shape index (κ2) is 5.02. The molecule has 2 N–H and O–H groups in total. The van der Waals surface area contributed by atoms with Crippen molar-refractivity contribution in [2.45, 2.75) is 12.5 Å². The maximum absolute atomic E-state index is 6.20. The van der Waals surface area contributed by atoms with Gasteiger partial charge in [-0.3, -0.25) is 0 Å². The molecule has 0 aliphatic carbocycles. The van der Waals surface area contributed by atoms with E-state index in [-0.39, 0.29) is 6.04 Å². The molecule has 0 amide bonds. The van der Waals surface area contributed by atoms with Crippen LogP contribution in [0.2, 0.25) is 0 Å². The number of benzene rings is 2. The molecule has 2 aromatic rings. The van der Waals surface area contributed by atoms with Crippen LogP contribution in [0.3, 0.4) is 0 Å². The predicted molar refractivity (Wildman–Crippen MR) is 72.2 cm³/mol. The van der Waals surface area contributed by atoms with Gasteiger partial charge in [0.15, 0.2) is 0 Å². The Morgan fingerprint density at radius 1 is 1.29 bits per heavy atom. The van der Waals surface area contributed by atoms with Crippen LogP contribution in [0.25, 0.3) is 10.8 Å². The Labute approximate surface area is 102 Å². The summed E-state index contributed by atoms with van der Waals surface area (Å²) in [4.78, 5) is 0. The summed E-state index contributed by atoms with van der Waals surface area (Å²) < 4.78 is 5.41. The number of hydrogen-bond donors (Lipinski definition) is 1. The standard InChI is InChI=1S/C15H17NO/c1-3-6-13(16)15-12-8-5-4-7-11(12)9-10-14(15)17-2/h3-5,7-10,13H,1,6,16H2,2H3/t13-/m1/s1. The molecule has 17 heavy (non-hydrogen) atoms. The molecule has 1 atom stereocenters. The normalized spacial score (nSPS) is 12.4. The van der Waals surface area contributed by atoms with E-state index in [0.717, 1.165) is 23.1 Å². The first-order valence-corrected chi connectivity index (χ1v) is 5.70. The van der Waals surface area contributed by atoms with Gasteiger partial charge >= 0.3 is 0 Å². The Morgan fingerprint density at radius 2 is 2.06 bits per heavy atom. The van der Waals surface area contributed by atoms with E-state index >= 15 is 0 Å². The van der Waals surface area contributed by atoms with Crippen LogP contribution in [-0.4, -0.2) is 7.11 Å². The molecule has 0 aliphatic heterocycles. The summed E-state index contributed by atoms with van der Waals surface area (Å²) in [6, 6.07) is 12.2. The zero-order valence-corrected chi connectivity index (χ0v) is 10.0. The van der Waals surface area contributed by atoms with Crippen molar-refractivity contribution < 1.29 is 4.74 Å². The van der Waals surface area contributed by atoms with Gasteiger partial charge in [-0.2, -0.15) is 0 Å². The number of fused-ring (bicyclic) bond motifs is 1. The summed E-state index contributed by atoms with van der Waals surface area (Å²) in [7, 11) is 1.67. The van der Waals surface area contributed by atoms with Gasteiger partial charge < -0.3 is 10.5 Å². The van der Waals surface area contributed by atoms with E-state index in [1.807, 2.05) is 24.3 Å². The second-order valence-corrected chi connectivity index (χ2v) is 4.03. The molecule has 0 fully saturated rings. The van der Waals surface area contributed by atoms with Crippen LogP contribution < -0.4 is 10.5 Å². The highest BCUT2D eigenvalue weighted by Gasteiger charge is 2.14. The monoisotopic (exact) mass is 227 g/mol. The van der Waals surface area contributed by atoms with Crippen LogP contribution in [0.4, 0.5) is 0 Å². The van der Waals surface area contributed by atoms with E-state index in [1.165, 1.54) is 5.39 Å². The molecular formula is C15H17NO. The maximum atomic E-state index is 6.20. The minimum absolute atomic E-state index is 0.0754. The summed E-state index contributed by atoms with van der Waals surface area (Å²) in [5.74, 6) is 0.845. The van der Waals surface area contributed by atoms with E-state index in [0.29, 0.717) is 0 Å². The van der Waals surface area contributed by atoms with Crippen LogP contribution in [0.5, 0.6) is 5.75 Å². The van der Waals surface area contributed by atoms with Crippen LogP contribution in [0.1, 0.15) is 18.0 Å². The third-order valence-electron chi connectivity index (χ3n) is 2.94. The second-order valence-electron chi connectivity index (χ2n) is 4.03. The third kappa shape index (κ3) is 2.17. The molecule has 0 spiro atoms. The molecule has 88 valence electrons. The van der Waals surface area contributed by atoms with Crippen molar-refractivity contribution in [2.75, 3.05) is 7.11 Å². The van der Waals surface area contributed by atoms with Crippen LogP contribution in [0.15, 0.2) is 49.1 Å². The maximum Gasteiger partial charge on any atom is 0.124 e. The SMILES string of the molecule is C=CC[C@@H](N)c1c(OC)ccc2ccccc12. The molecular weight excluding hydrogens is 210 g/mol. The number of ether oxygens (including phenoxy) is 1. The van der Waals surface area contributed by atoms with Gasteiger partial charge in [0.1, 0.15) is 5.75 Å². The average molecular weight is 227 g/mol. The van der Waals surface area contributed by atoms with Gasteiger partial charge in [-0.05, 0) is 23.3 Å². The summed E-state index contributed by atoms with van der Waals surface area (Å²) >= 11 is 0. The van der Waals surface area contributed by atoms with Gasteiger partial charge in [0, 0.05) is 11.6 Å². The van der Waals surface area contributed by atoms with Crippen molar-refractivity contribution in [3.63, 3.8) is 0 Å². The topological polar surface area (TPSA) is 35.2 Å². The number of methoxy groups -OCH3 is 1. The molecule has 0 bridgehead atoms. The van der Waals surface area contributed by atoms with Gasteiger partial charge in [-0.25, -0.2) is 0 Å². The third-order valence-corrected chi connectivity index (χ3v) is 2.94. The molecule has 2 rings (SSSR count). The van der Waals surface area contributed by atoms with Gasteiger partial charge in [0.05, 0.1) is 7.11 Å². The Bertz CT molecular complexity index is 533. The molecule has 0 heterocycles. The fourth-order valence-electron chi connectivity index (χ4n) is 2.13. The minimum Gasteiger partial charge on any atom is -0.496 e. The summed E-state index contributed by atoms with van der Waals surface area (Å²) in [6.07, 6.45) is 2.58. The van der Waals surface area contributed by atoms with Crippen LogP contribution in [0, 0.1) is 0 Å². The van der Waals surface area contributed by atoms with Gasteiger partial charge in [-0.15, -0.1) is 6.58 Å². The number of nitrogens with two attached hydrogens (primary N) is 1. The van der Waals surface area contributed by atoms with E-state index < -0.39 is 0 Å². The Hall–Kier alpha value is -1.80. The van der Waals surface area contributed by atoms with Gasteiger partial charge in [0.25, 0.3) is 0 Å². The lowest BCUT2D eigenvalue weighted by Gasteiger charge is -2.17. The molecule has 0 aromatic heterocycles. The van der Waals surface area contributed by atoms with E-state index in [2.05, 4.69) is 24.8 Å². The van der Waals surface area contributed by atoms with Crippen molar-refractivity contribution in [1.29, 1.82) is 0 Å². The molecule has 2 heteroatoms. The highest BCUT2D eigenvalue weighted by Crippen LogP contribution is 2.33. The summed E-state index contributed by atoms with van der Waals surface area (Å²) in [5, 5.41) is 2.34. The lowest BCUT2D eigenvalue weighted by Crippen LogP contribution is -2.11. The highest BCUT2D eigenvalue weighted by molar-refractivity contribution is 5.88. The van der Waals surface area contributed by atoms with Crippen LogP contribution >= 0.6 is 0 Å². The first-order valence-electron chi connectivity index (χ1n) is 5.70. The molecule has 2 aromatic carbocycles. The van der Waals surface area contributed by atoms with E-state index in [9.17, 15) is 0 Å². The fraction of sp³-hybridized carbons (Fsp3) is 0.200. The van der Waals surface area contributed by atoms with Crippen molar-refractivity contribution in [2.24, 2.45) is 5.73 Å². The quantitative estimate of drug-likeness (QED) is 0.812. The zero-order valence-electron chi connectivity index (χ0n) is 10.0. The first kappa shape index (κ1) is 11.7. The zero-order chi connectivity index (χ0) is 12.3. The molecule has 0 radical (unpaired) electrons. The largest absolute Gasteiger partial charge is 0.496 e. The highest BCUT2D eigenvalue weighted by atomic mass is 16.5. The van der Waals surface area contributed by atoms with Crippen LogP contribution in [-0.2, 0) is 0 Å². The molecule has 2 nitrogen and oxygen atoms in total. The fourth-order valence-corrected chi connectivity index (χ4v) is 2.13. The van der Waals surface area contributed by atoms with Crippen molar-refractivity contribution in [1.82, 2.24) is 0 Å². The molecule has 0 aliphatic rings. The Morgan fingerprint density at radius 3 is 2.76 bits per heavy atom. The summed E-state index contributed by atoms with van der Waals surface area (Å²) in [6.45, 7) is 3.74. The van der Waals surface area contributed by atoms with Crippen molar-refractivity contribution in [3.8, 4) is 5.75 Å². The lowest BCUT2D eigenvalue weighted by molar-refractivity contribution is 0.407. The van der Waals surface area contributed by atoms with Crippen molar-refractivity contribution >= 4 is 10.8 Å². The van der Waals surface area contributed by atoms with E-state index in [4.69, 9.17) is 10.5 Å². The predicted octanol–water partition coefficient (Wildman–Crippen LogP) is 3.42. The average Bonchev–Trinajstić information content (AvgIpc) is 2.37. The van der Waals surface area contributed by atoms with E-state index in [1.54, 1.807) is 7.11 Å². The van der Waals surface area contributed by atoms with Gasteiger partial charge in [-0.1, -0.05) is 36.4 Å². The summed E-state index contributed by atoms with van der Waals surface area (Å²) in [5.41, 5.74) is 7.26. The first-order chi connectivity index (χ1) is 8.27. The minimum atomic E-state index is -0.0754.